The number of rotatable bonds is 28. The SMILES string of the molecule is NC(=O)CC[C@H](NC(=O)[C@H](CCC(N)=O)NC(=O)[C@@H](N)CO)C(=O)N[C@@H](Cc1ccc(O)cc1)C(=O)N[C@@H](CO)C(=O)N[C@@H](CO)C(=O)N[C@@H](CC(N)=O)C(=O)NCC(=O)O. The normalized spacial score (nSPS) is 14.2. The van der Waals surface area contributed by atoms with Crippen LogP contribution in [0.4, 0.5) is 0 Å². The zero-order chi connectivity index (χ0) is 46.4. The van der Waals surface area contributed by atoms with Gasteiger partial charge in [0.2, 0.25) is 59.1 Å². The maximum Gasteiger partial charge on any atom is 0.322 e. The second kappa shape index (κ2) is 26.2. The van der Waals surface area contributed by atoms with E-state index in [1.807, 2.05) is 16.0 Å². The van der Waals surface area contributed by atoms with Gasteiger partial charge >= 0.3 is 5.97 Å². The molecule has 0 heterocycles. The third kappa shape index (κ3) is 19.6. The van der Waals surface area contributed by atoms with Crippen molar-refractivity contribution >= 4 is 65.0 Å². The van der Waals surface area contributed by atoms with E-state index < -0.39 is 172 Å². The highest BCUT2D eigenvalue weighted by Gasteiger charge is 2.34. The fourth-order valence-electron chi connectivity index (χ4n) is 5.00. The highest BCUT2D eigenvalue weighted by Crippen LogP contribution is 2.12. The van der Waals surface area contributed by atoms with Crippen molar-refractivity contribution in [2.24, 2.45) is 22.9 Å². The number of aromatic hydroxyl groups is 1. The van der Waals surface area contributed by atoms with Crippen LogP contribution in [0.1, 0.15) is 37.7 Å². The lowest BCUT2D eigenvalue weighted by Gasteiger charge is -2.27. The molecular formula is C34H51N11O16. The van der Waals surface area contributed by atoms with Crippen LogP contribution in [-0.4, -0.2) is 159 Å². The fourth-order valence-corrected chi connectivity index (χ4v) is 5.00. The van der Waals surface area contributed by atoms with E-state index in [0.29, 0.717) is 5.56 Å². The number of carboxylic acids is 1. The molecule has 0 aromatic heterocycles. The average molecular weight is 870 g/mol. The number of hydrogen-bond donors (Lipinski definition) is 16. The Bertz CT molecular complexity index is 1760. The number of aliphatic hydroxyl groups excluding tert-OH is 3. The minimum absolute atomic E-state index is 0.178. The third-order valence-corrected chi connectivity index (χ3v) is 8.25. The summed E-state index contributed by atoms with van der Waals surface area (Å²) in [6, 6.07) is -6.81. The molecule has 27 nitrogen and oxygen atoms in total. The Kier molecular flexibility index (Phi) is 22.4. The van der Waals surface area contributed by atoms with Crippen LogP contribution < -0.4 is 60.2 Å². The molecule has 0 bridgehead atoms. The molecule has 1 aromatic carbocycles. The van der Waals surface area contributed by atoms with Crippen LogP contribution in [0.3, 0.4) is 0 Å². The molecule has 1 aromatic rings. The second-order valence-corrected chi connectivity index (χ2v) is 13.2. The van der Waals surface area contributed by atoms with E-state index in [1.165, 1.54) is 24.3 Å². The van der Waals surface area contributed by atoms with Crippen LogP contribution in [-0.2, 0) is 59.2 Å². The van der Waals surface area contributed by atoms with Crippen molar-refractivity contribution in [1.29, 1.82) is 0 Å². The van der Waals surface area contributed by atoms with Crippen molar-refractivity contribution in [3.05, 3.63) is 29.8 Å². The zero-order valence-electron chi connectivity index (χ0n) is 32.5. The second-order valence-electron chi connectivity index (χ2n) is 13.2. The van der Waals surface area contributed by atoms with Crippen molar-refractivity contribution < 1.29 is 78.3 Å². The topological polar surface area (TPSA) is 477 Å². The molecule has 0 spiro atoms. The van der Waals surface area contributed by atoms with Crippen molar-refractivity contribution in [1.82, 2.24) is 37.2 Å². The number of nitrogens with two attached hydrogens (primary N) is 4. The van der Waals surface area contributed by atoms with E-state index in [9.17, 15) is 73.2 Å². The van der Waals surface area contributed by atoms with E-state index in [0.717, 1.165) is 0 Å². The average Bonchev–Trinajstić information content (AvgIpc) is 3.19. The predicted octanol–water partition coefficient (Wildman–Crippen LogP) is -9.25. The zero-order valence-corrected chi connectivity index (χ0v) is 32.5. The van der Waals surface area contributed by atoms with E-state index in [2.05, 4.69) is 21.3 Å². The van der Waals surface area contributed by atoms with Gasteiger partial charge in [-0.1, -0.05) is 12.1 Å². The summed E-state index contributed by atoms with van der Waals surface area (Å²) in [5.74, 6) is -12.7. The van der Waals surface area contributed by atoms with Crippen LogP contribution in [0.5, 0.6) is 5.75 Å². The van der Waals surface area contributed by atoms with Crippen molar-refractivity contribution in [3.63, 3.8) is 0 Å². The van der Waals surface area contributed by atoms with Crippen molar-refractivity contribution in [2.75, 3.05) is 26.4 Å². The summed E-state index contributed by atoms with van der Waals surface area (Å²) in [6.45, 7) is -4.03. The molecule has 0 aliphatic carbocycles. The van der Waals surface area contributed by atoms with Crippen LogP contribution in [0.2, 0.25) is 0 Å². The molecule has 338 valence electrons. The van der Waals surface area contributed by atoms with Gasteiger partial charge in [-0.05, 0) is 30.5 Å². The number of hydrogen-bond acceptors (Lipinski definition) is 16. The fraction of sp³-hybridized carbons (Fsp3) is 0.500. The number of carbonyl (C=O) groups is 11. The first-order valence-corrected chi connectivity index (χ1v) is 18.1. The molecule has 27 heteroatoms. The summed E-state index contributed by atoms with van der Waals surface area (Å²) in [7, 11) is 0. The summed E-state index contributed by atoms with van der Waals surface area (Å²) >= 11 is 0. The number of benzene rings is 1. The van der Waals surface area contributed by atoms with Gasteiger partial charge in [-0.3, -0.25) is 52.7 Å². The number of primary amides is 3. The van der Waals surface area contributed by atoms with Gasteiger partial charge in [-0.15, -0.1) is 0 Å². The summed E-state index contributed by atoms with van der Waals surface area (Å²) in [6.07, 6.45) is -3.06. The Morgan fingerprint density at radius 3 is 1.31 bits per heavy atom. The first kappa shape index (κ1) is 52.0. The number of carboxylic acid groups (broad SMARTS) is 1. The summed E-state index contributed by atoms with van der Waals surface area (Å²) < 4.78 is 0. The highest BCUT2D eigenvalue weighted by molar-refractivity contribution is 5.98. The molecule has 0 aliphatic heterocycles. The molecular weight excluding hydrogens is 818 g/mol. The van der Waals surface area contributed by atoms with Crippen molar-refractivity contribution in [2.45, 2.75) is 80.8 Å². The molecule has 0 fully saturated rings. The molecule has 20 N–H and O–H groups in total. The van der Waals surface area contributed by atoms with Gasteiger partial charge in [0.1, 0.15) is 54.6 Å². The minimum Gasteiger partial charge on any atom is -0.508 e. The Hall–Kier alpha value is -6.97. The number of phenols is 1. The van der Waals surface area contributed by atoms with Gasteiger partial charge in [0, 0.05) is 19.3 Å². The molecule has 0 unspecified atom stereocenters. The minimum atomic E-state index is -1.92. The largest absolute Gasteiger partial charge is 0.508 e. The molecule has 0 aliphatic rings. The Balaban J connectivity index is 3.39. The lowest BCUT2D eigenvalue weighted by Crippen LogP contribution is -2.61. The summed E-state index contributed by atoms with van der Waals surface area (Å²) in [5.41, 5.74) is 21.3. The number of carbonyl (C=O) groups excluding carboxylic acids is 10. The van der Waals surface area contributed by atoms with E-state index in [1.54, 1.807) is 0 Å². The lowest BCUT2D eigenvalue weighted by atomic mass is 10.0. The molecule has 0 saturated heterocycles. The first-order chi connectivity index (χ1) is 28.6. The van der Waals surface area contributed by atoms with Gasteiger partial charge in [0.15, 0.2) is 0 Å². The quantitative estimate of drug-likeness (QED) is 0.0372. The predicted molar refractivity (Wildman–Crippen MR) is 204 cm³/mol. The molecule has 10 amide bonds. The third-order valence-electron chi connectivity index (χ3n) is 8.25. The number of aliphatic hydroxyl groups is 3. The van der Waals surface area contributed by atoms with Gasteiger partial charge in [0.25, 0.3) is 0 Å². The maximum atomic E-state index is 13.7. The number of phenolic OH excluding ortho intramolecular Hbond substituents is 1. The first-order valence-electron chi connectivity index (χ1n) is 18.1. The number of nitrogens with one attached hydrogen (secondary N) is 7. The van der Waals surface area contributed by atoms with Crippen molar-refractivity contribution in [3.8, 4) is 5.75 Å². The van der Waals surface area contributed by atoms with Crippen LogP contribution in [0.15, 0.2) is 24.3 Å². The molecule has 7 atom stereocenters. The van der Waals surface area contributed by atoms with Crippen LogP contribution in [0, 0.1) is 0 Å². The van der Waals surface area contributed by atoms with E-state index >= 15 is 0 Å². The monoisotopic (exact) mass is 869 g/mol. The Morgan fingerprint density at radius 2 is 0.902 bits per heavy atom. The van der Waals surface area contributed by atoms with E-state index in [-0.39, 0.29) is 5.75 Å². The standard InChI is InChI=1S/C34H51N11O16/c35-17(12-46)28(55)40-18(5-7-24(36)50)30(57)41-19(6-8-25(37)51)31(58)42-20(9-15-1-3-16(49)4-2-15)32(59)44-23(14-48)34(61)45-22(13-47)33(60)43-21(10-26(38)52)29(56)39-11-27(53)54/h1-4,17-23,46-49H,5-14,35H2,(H2,36,50)(H2,37,51)(H2,38,52)(H,39,56)(H,40,55)(H,41,57)(H,42,58)(H,43,60)(H,44,59)(H,45,61)(H,53,54)/t17-,18-,19-,20-,21-,22-,23-/m0/s1. The van der Waals surface area contributed by atoms with Gasteiger partial charge in [-0.2, -0.15) is 0 Å². The Labute approximate surface area is 346 Å². The summed E-state index contributed by atoms with van der Waals surface area (Å²) in [5, 5.41) is 62.6. The van der Waals surface area contributed by atoms with E-state index in [4.69, 9.17) is 28.0 Å². The van der Waals surface area contributed by atoms with Crippen LogP contribution >= 0.6 is 0 Å². The van der Waals surface area contributed by atoms with Gasteiger partial charge in [-0.25, -0.2) is 0 Å². The molecule has 61 heavy (non-hydrogen) atoms. The lowest BCUT2D eigenvalue weighted by molar-refractivity contribution is -0.139. The number of aliphatic carboxylic acids is 1. The smallest absolute Gasteiger partial charge is 0.322 e. The van der Waals surface area contributed by atoms with Gasteiger partial charge in [0.05, 0.1) is 26.2 Å². The Morgan fingerprint density at radius 1 is 0.508 bits per heavy atom. The number of amides is 10. The van der Waals surface area contributed by atoms with Crippen LogP contribution in [0.25, 0.3) is 0 Å². The molecule has 0 radical (unpaired) electrons. The van der Waals surface area contributed by atoms with Gasteiger partial charge < -0.3 is 85.7 Å². The highest BCUT2D eigenvalue weighted by atomic mass is 16.4. The maximum absolute atomic E-state index is 13.7. The molecule has 0 saturated carbocycles. The molecule has 1 rings (SSSR count). The summed E-state index contributed by atoms with van der Waals surface area (Å²) in [4.78, 5) is 137.